The number of hydrogen-bond donors (Lipinski definition) is 1. The number of anilines is 1. The normalized spacial score (nSPS) is 11.3. The zero-order valence-corrected chi connectivity index (χ0v) is 16.1. The zero-order chi connectivity index (χ0) is 21.7. The lowest BCUT2D eigenvalue weighted by Crippen LogP contribution is -2.20. The highest BCUT2D eigenvalue weighted by atomic mass is 32.2. The number of imidazole rings is 1. The van der Waals surface area contributed by atoms with E-state index < -0.39 is 23.6 Å². The first kappa shape index (κ1) is 21.4. The maximum Gasteiger partial charge on any atom is 0.406 e. The number of halogens is 3. The highest BCUT2D eigenvalue weighted by Crippen LogP contribution is 2.30. The summed E-state index contributed by atoms with van der Waals surface area (Å²) in [7, 11) is 0. The Hall–Kier alpha value is -3.34. The maximum absolute atomic E-state index is 13.1. The molecule has 2 aromatic carbocycles. The summed E-state index contributed by atoms with van der Waals surface area (Å²) in [4.78, 5) is 26.7. The number of nitrogens with one attached hydrogen (secondary N) is 1. The molecule has 0 aliphatic rings. The van der Waals surface area contributed by atoms with Crippen molar-refractivity contribution in [2.24, 2.45) is 0 Å². The van der Waals surface area contributed by atoms with Gasteiger partial charge in [-0.3, -0.25) is 14.9 Å². The summed E-state index contributed by atoms with van der Waals surface area (Å²) in [5.74, 6) is -0.869. The van der Waals surface area contributed by atoms with Gasteiger partial charge >= 0.3 is 6.18 Å². The SMILES string of the molecule is O=C(CSc1ncc(-c2ccccc2)n1CC(F)(F)F)Nc1ccccc1[N+](=O)[O-]. The van der Waals surface area contributed by atoms with Crippen molar-refractivity contribution in [1.82, 2.24) is 9.55 Å². The second-order valence-corrected chi connectivity index (χ2v) is 7.05. The Bertz CT molecular complexity index is 1050. The standard InChI is InChI=1S/C19H15F3N4O3S/c20-19(21,22)12-25-16(13-6-2-1-3-7-13)10-23-18(25)30-11-17(27)24-14-8-4-5-9-15(14)26(28)29/h1-10H,11-12H2,(H,24,27). The minimum atomic E-state index is -4.48. The van der Waals surface area contributed by atoms with Crippen molar-refractivity contribution in [3.8, 4) is 11.3 Å². The van der Waals surface area contributed by atoms with Gasteiger partial charge in [0.1, 0.15) is 12.2 Å². The number of para-hydroxylation sites is 2. The maximum atomic E-state index is 13.1. The van der Waals surface area contributed by atoms with Crippen LogP contribution < -0.4 is 5.32 Å². The van der Waals surface area contributed by atoms with Crippen molar-refractivity contribution in [2.45, 2.75) is 17.9 Å². The Kier molecular flexibility index (Phi) is 6.40. The Morgan fingerprint density at radius 3 is 2.47 bits per heavy atom. The first-order valence-electron chi connectivity index (χ1n) is 8.58. The van der Waals surface area contributed by atoms with Crippen LogP contribution >= 0.6 is 11.8 Å². The predicted molar refractivity (Wildman–Crippen MR) is 106 cm³/mol. The van der Waals surface area contributed by atoms with E-state index in [2.05, 4.69) is 10.3 Å². The summed E-state index contributed by atoms with van der Waals surface area (Å²) >= 11 is 0.815. The second-order valence-electron chi connectivity index (χ2n) is 6.10. The third-order valence-electron chi connectivity index (χ3n) is 3.93. The van der Waals surface area contributed by atoms with Crippen molar-refractivity contribution in [3.05, 3.63) is 70.9 Å². The zero-order valence-electron chi connectivity index (χ0n) is 15.3. The van der Waals surface area contributed by atoms with Crippen molar-refractivity contribution in [3.63, 3.8) is 0 Å². The van der Waals surface area contributed by atoms with Crippen molar-refractivity contribution in [1.29, 1.82) is 0 Å². The number of rotatable bonds is 7. The average molecular weight is 436 g/mol. The van der Waals surface area contributed by atoms with E-state index in [-0.39, 0.29) is 28.0 Å². The lowest BCUT2D eigenvalue weighted by molar-refractivity contribution is -0.383. The molecule has 0 atom stereocenters. The number of nitro benzene ring substituents is 1. The summed E-state index contributed by atoms with van der Waals surface area (Å²) in [6.45, 7) is -1.26. The monoisotopic (exact) mass is 436 g/mol. The first-order valence-corrected chi connectivity index (χ1v) is 9.57. The fourth-order valence-electron chi connectivity index (χ4n) is 2.70. The number of amides is 1. The fraction of sp³-hybridized carbons (Fsp3) is 0.158. The molecule has 1 N–H and O–H groups in total. The Morgan fingerprint density at radius 1 is 1.13 bits per heavy atom. The second kappa shape index (κ2) is 8.99. The van der Waals surface area contributed by atoms with Crippen LogP contribution in [0.15, 0.2) is 66.0 Å². The summed E-state index contributed by atoms with van der Waals surface area (Å²) in [5, 5.41) is 13.5. The van der Waals surface area contributed by atoms with Crippen molar-refractivity contribution in [2.75, 3.05) is 11.1 Å². The predicted octanol–water partition coefficient (Wildman–Crippen LogP) is 4.75. The van der Waals surface area contributed by atoms with E-state index >= 15 is 0 Å². The molecule has 11 heteroatoms. The van der Waals surface area contributed by atoms with Gasteiger partial charge in [0.25, 0.3) is 5.69 Å². The topological polar surface area (TPSA) is 90.1 Å². The lowest BCUT2D eigenvalue weighted by atomic mass is 10.2. The van der Waals surface area contributed by atoms with Crippen LogP contribution in [0.25, 0.3) is 11.3 Å². The third-order valence-corrected chi connectivity index (χ3v) is 4.92. The molecule has 0 radical (unpaired) electrons. The van der Waals surface area contributed by atoms with Crippen molar-refractivity contribution >= 4 is 29.0 Å². The number of thioether (sulfide) groups is 1. The van der Waals surface area contributed by atoms with Crippen LogP contribution in [0.2, 0.25) is 0 Å². The quantitative estimate of drug-likeness (QED) is 0.328. The summed E-state index contributed by atoms with van der Waals surface area (Å²) in [5.41, 5.74) is 0.567. The number of nitrogens with zero attached hydrogens (tertiary/aromatic N) is 3. The van der Waals surface area contributed by atoms with E-state index in [4.69, 9.17) is 0 Å². The van der Waals surface area contributed by atoms with Crippen LogP contribution in [-0.4, -0.2) is 32.3 Å². The Labute approximate surface area is 173 Å². The first-order chi connectivity index (χ1) is 14.2. The van der Waals surface area contributed by atoms with E-state index in [1.54, 1.807) is 30.3 Å². The third kappa shape index (κ3) is 5.38. The van der Waals surface area contributed by atoms with E-state index in [1.807, 2.05) is 0 Å². The van der Waals surface area contributed by atoms with Gasteiger partial charge < -0.3 is 9.88 Å². The highest BCUT2D eigenvalue weighted by molar-refractivity contribution is 7.99. The minimum Gasteiger partial charge on any atom is -0.320 e. The van der Waals surface area contributed by atoms with Gasteiger partial charge in [-0.2, -0.15) is 13.2 Å². The minimum absolute atomic E-state index is 0.0108. The molecule has 1 amide bonds. The van der Waals surface area contributed by atoms with Gasteiger partial charge in [0.15, 0.2) is 5.16 Å². The largest absolute Gasteiger partial charge is 0.406 e. The summed E-state index contributed by atoms with van der Waals surface area (Å²) in [6, 6.07) is 14.1. The van der Waals surface area contributed by atoms with Gasteiger partial charge in [-0.25, -0.2) is 4.98 Å². The number of carbonyl (C=O) groups excluding carboxylic acids is 1. The van der Waals surface area contributed by atoms with Gasteiger partial charge in [0, 0.05) is 6.07 Å². The van der Waals surface area contributed by atoms with Crippen LogP contribution in [0.5, 0.6) is 0 Å². The van der Waals surface area contributed by atoms with E-state index in [9.17, 15) is 28.1 Å². The van der Waals surface area contributed by atoms with Crippen LogP contribution in [-0.2, 0) is 11.3 Å². The number of alkyl halides is 3. The van der Waals surface area contributed by atoms with Gasteiger partial charge in [0.2, 0.25) is 5.91 Å². The summed E-state index contributed by atoms with van der Waals surface area (Å²) in [6.07, 6.45) is -3.16. The molecular formula is C19H15F3N4O3S. The van der Waals surface area contributed by atoms with Gasteiger partial charge in [-0.1, -0.05) is 54.2 Å². The Morgan fingerprint density at radius 2 is 1.80 bits per heavy atom. The molecule has 3 aromatic rings. The number of carbonyl (C=O) groups is 1. The molecule has 0 aliphatic heterocycles. The summed E-state index contributed by atoms with van der Waals surface area (Å²) < 4.78 is 40.3. The average Bonchev–Trinajstić information content (AvgIpc) is 3.08. The van der Waals surface area contributed by atoms with Gasteiger partial charge in [-0.05, 0) is 11.6 Å². The molecule has 7 nitrogen and oxygen atoms in total. The van der Waals surface area contributed by atoms with Crippen LogP contribution in [0.3, 0.4) is 0 Å². The van der Waals surface area contributed by atoms with Crippen LogP contribution in [0.1, 0.15) is 0 Å². The lowest BCUT2D eigenvalue weighted by Gasteiger charge is -2.14. The molecule has 1 aromatic heterocycles. The van der Waals surface area contributed by atoms with Gasteiger partial charge in [0.05, 0.1) is 22.6 Å². The van der Waals surface area contributed by atoms with Crippen LogP contribution in [0.4, 0.5) is 24.5 Å². The molecule has 0 saturated heterocycles. The Balaban J connectivity index is 1.77. The molecule has 1 heterocycles. The van der Waals surface area contributed by atoms with E-state index in [0.29, 0.717) is 5.56 Å². The molecule has 30 heavy (non-hydrogen) atoms. The van der Waals surface area contributed by atoms with E-state index in [1.165, 1.54) is 30.5 Å². The molecule has 0 spiro atoms. The van der Waals surface area contributed by atoms with E-state index in [0.717, 1.165) is 16.3 Å². The van der Waals surface area contributed by atoms with Crippen LogP contribution in [0, 0.1) is 10.1 Å². The highest BCUT2D eigenvalue weighted by Gasteiger charge is 2.31. The number of nitro groups is 1. The molecule has 0 saturated carbocycles. The number of hydrogen-bond acceptors (Lipinski definition) is 5. The fourth-order valence-corrected chi connectivity index (χ4v) is 3.48. The molecule has 0 unspecified atom stereocenters. The van der Waals surface area contributed by atoms with Gasteiger partial charge in [-0.15, -0.1) is 0 Å². The molecule has 156 valence electrons. The molecule has 3 rings (SSSR count). The smallest absolute Gasteiger partial charge is 0.320 e. The molecule has 0 bridgehead atoms. The molecular weight excluding hydrogens is 421 g/mol. The number of benzene rings is 2. The molecule has 0 aliphatic carbocycles. The van der Waals surface area contributed by atoms with Crippen molar-refractivity contribution < 1.29 is 22.9 Å². The molecule has 0 fully saturated rings. The number of aromatic nitrogens is 2.